The zero-order valence-electron chi connectivity index (χ0n) is 29.6. The van der Waals surface area contributed by atoms with Crippen LogP contribution in [0.25, 0.3) is 22.3 Å². The molecule has 2 N–H and O–H groups in total. The Labute approximate surface area is 297 Å². The van der Waals surface area contributed by atoms with Gasteiger partial charge < -0.3 is 14.8 Å². The van der Waals surface area contributed by atoms with Crippen molar-refractivity contribution in [1.29, 1.82) is 0 Å². The maximum Gasteiger partial charge on any atom is 0.303 e. The molecule has 0 spiro atoms. The molecule has 1 unspecified atom stereocenters. The molecule has 1 aliphatic heterocycles. The Hall–Kier alpha value is -4.58. The Morgan fingerprint density at radius 3 is 2.59 bits per heavy atom. The number of fused-ring (bicyclic) bond motifs is 8. The van der Waals surface area contributed by atoms with Gasteiger partial charge in [-0.2, -0.15) is 5.10 Å². The molecule has 2 aromatic heterocycles. The Kier molecular flexibility index (Phi) is 9.84. The van der Waals surface area contributed by atoms with Gasteiger partial charge in [0, 0.05) is 41.2 Å². The highest BCUT2D eigenvalue weighted by atomic mass is 32.2. The number of H-pyrrole nitrogens is 1. The van der Waals surface area contributed by atoms with Crippen molar-refractivity contribution in [3.05, 3.63) is 94.9 Å². The third-order valence-electron chi connectivity index (χ3n) is 9.87. The molecule has 6 rings (SSSR count). The normalized spacial score (nSPS) is 19.2. The highest BCUT2D eigenvalue weighted by Crippen LogP contribution is 2.41. The molecule has 0 radical (unpaired) electrons. The van der Waals surface area contributed by atoms with Gasteiger partial charge in [-0.3, -0.25) is 4.79 Å². The van der Waals surface area contributed by atoms with Gasteiger partial charge >= 0.3 is 5.97 Å². The largest absolute Gasteiger partial charge is 0.481 e. The third kappa shape index (κ3) is 7.71. The number of carbonyl (C=O) groups is 1. The van der Waals surface area contributed by atoms with Crippen LogP contribution in [0.3, 0.4) is 0 Å². The monoisotopic (exact) mass is 718 g/mol. The lowest BCUT2D eigenvalue weighted by molar-refractivity contribution is -0.136. The lowest BCUT2D eigenvalue weighted by Crippen LogP contribution is -2.29. The first-order chi connectivity index (χ1) is 24.0. The minimum Gasteiger partial charge on any atom is -0.481 e. The number of halogens is 2. The van der Waals surface area contributed by atoms with Crippen LogP contribution >= 0.6 is 0 Å². The van der Waals surface area contributed by atoms with E-state index in [2.05, 4.69) is 4.98 Å². The van der Waals surface area contributed by atoms with Crippen LogP contribution in [0.5, 0.6) is 11.5 Å². The molecule has 0 fully saturated rings. The molecule has 0 saturated carbocycles. The molecule has 12 heteroatoms. The summed E-state index contributed by atoms with van der Waals surface area (Å²) in [6, 6.07) is 14.7. The maximum absolute atomic E-state index is 15.8. The number of hydrogen-bond acceptors (Lipinski definition) is 6. The summed E-state index contributed by atoms with van der Waals surface area (Å²) in [7, 11) is -3.60. The summed E-state index contributed by atoms with van der Waals surface area (Å²) in [5.41, 5.74) is 1.38. The number of carboxylic acids is 1. The average Bonchev–Trinajstić information content (AvgIpc) is 3.72. The van der Waals surface area contributed by atoms with E-state index in [-0.39, 0.29) is 53.3 Å². The summed E-state index contributed by atoms with van der Waals surface area (Å²) in [6.07, 6.45) is 3.76. The standard InChI is InChI=1S/C39H44F2N4O5S/c1-24(2)45-36-30-21-27(11-12-31(30)40)50-35-29(28-14-18-42-33(28)22-32(35)41)15-19-51(48,49)23-38(3,4)16-7-17-39(5,37(43-36)44-45)26-9-6-8-25(20-26)10-13-34(46)47/h6,8-9,11-12,14,18,20-22,24,42H,7,10,13,15-17,19,23H2,1-5H3,(H,46,47). The predicted molar refractivity (Wildman–Crippen MR) is 193 cm³/mol. The molecule has 0 aliphatic carbocycles. The van der Waals surface area contributed by atoms with Crippen LogP contribution in [0, 0.1) is 17.0 Å². The Morgan fingerprint density at radius 1 is 1.06 bits per heavy atom. The van der Waals surface area contributed by atoms with E-state index < -0.39 is 38.3 Å². The van der Waals surface area contributed by atoms with E-state index in [0.717, 1.165) is 11.1 Å². The Bertz CT molecular complexity index is 2210. The summed E-state index contributed by atoms with van der Waals surface area (Å²) < 4.78 is 66.7. The van der Waals surface area contributed by atoms with Crippen LogP contribution in [0.15, 0.2) is 60.8 Å². The van der Waals surface area contributed by atoms with Crippen molar-refractivity contribution in [2.24, 2.45) is 5.41 Å². The fourth-order valence-electron chi connectivity index (χ4n) is 7.16. The number of aromatic nitrogens is 4. The molecule has 3 aromatic carbocycles. The van der Waals surface area contributed by atoms with Crippen LogP contribution in [0.1, 0.15) is 88.9 Å². The summed E-state index contributed by atoms with van der Waals surface area (Å²) >= 11 is 0. The average molecular weight is 719 g/mol. The molecule has 4 bridgehead atoms. The molecule has 1 atom stereocenters. The zero-order valence-corrected chi connectivity index (χ0v) is 30.4. The van der Waals surface area contributed by atoms with Crippen LogP contribution in [-0.4, -0.2) is 50.7 Å². The van der Waals surface area contributed by atoms with Gasteiger partial charge in [0.2, 0.25) is 0 Å². The Morgan fingerprint density at radius 2 is 1.84 bits per heavy atom. The number of rotatable bonds is 5. The van der Waals surface area contributed by atoms with Crippen LogP contribution in [0.2, 0.25) is 0 Å². The molecule has 3 heterocycles. The van der Waals surface area contributed by atoms with Gasteiger partial charge in [-0.15, -0.1) is 0 Å². The van der Waals surface area contributed by atoms with Crippen molar-refractivity contribution in [1.82, 2.24) is 19.7 Å². The van der Waals surface area contributed by atoms with Gasteiger partial charge in [0.15, 0.2) is 33.1 Å². The fraction of sp³-hybridized carbons (Fsp3) is 0.410. The van der Waals surface area contributed by atoms with Gasteiger partial charge in [-0.25, -0.2) is 26.9 Å². The van der Waals surface area contributed by atoms with Gasteiger partial charge in [0.05, 0.1) is 22.5 Å². The zero-order chi connectivity index (χ0) is 36.7. The van der Waals surface area contributed by atoms with Gasteiger partial charge in [-0.1, -0.05) is 44.5 Å². The number of hydrogen-bond donors (Lipinski definition) is 2. The Balaban J connectivity index is 1.54. The number of aryl methyl sites for hydroxylation is 2. The smallest absolute Gasteiger partial charge is 0.303 e. The van der Waals surface area contributed by atoms with E-state index in [1.807, 2.05) is 58.9 Å². The number of nitrogens with one attached hydrogen (secondary N) is 1. The minimum absolute atomic E-state index is 0.0185. The fourth-order valence-corrected chi connectivity index (χ4v) is 9.16. The minimum atomic E-state index is -3.60. The van der Waals surface area contributed by atoms with Gasteiger partial charge in [-0.05, 0) is 87.3 Å². The van der Waals surface area contributed by atoms with E-state index in [4.69, 9.17) is 14.8 Å². The summed E-state index contributed by atoms with van der Waals surface area (Å²) in [6.45, 7) is 9.75. The molecule has 270 valence electrons. The second kappa shape index (κ2) is 13.9. The first kappa shape index (κ1) is 36.2. The van der Waals surface area contributed by atoms with E-state index in [9.17, 15) is 18.3 Å². The summed E-state index contributed by atoms with van der Waals surface area (Å²) in [5.74, 6) is -1.62. The summed E-state index contributed by atoms with van der Waals surface area (Å²) in [4.78, 5) is 19.4. The second-order valence-electron chi connectivity index (χ2n) is 14.9. The van der Waals surface area contributed by atoms with Crippen molar-refractivity contribution in [2.45, 2.75) is 84.6 Å². The highest BCUT2D eigenvalue weighted by molar-refractivity contribution is 7.91. The van der Waals surface area contributed by atoms with Crippen molar-refractivity contribution < 1.29 is 31.8 Å². The number of nitrogens with zero attached hydrogens (tertiary/aromatic N) is 3. The predicted octanol–water partition coefficient (Wildman–Crippen LogP) is 8.57. The number of aliphatic carboxylic acids is 1. The SMILES string of the molecule is CC(C)n1nc2nc1-c1cc(ccc1F)Oc1c(F)cc3[nH]ccc3c1CCS(=O)(=O)CC(C)(C)CCCC2(C)c1cccc(CCC(=O)O)c1. The van der Waals surface area contributed by atoms with Crippen LogP contribution < -0.4 is 4.74 Å². The topological polar surface area (TPSA) is 127 Å². The van der Waals surface area contributed by atoms with Crippen LogP contribution in [-0.2, 0) is 32.9 Å². The van der Waals surface area contributed by atoms with Gasteiger partial charge in [0.1, 0.15) is 11.6 Å². The molecule has 0 amide bonds. The van der Waals surface area contributed by atoms with Crippen LogP contribution in [0.4, 0.5) is 8.78 Å². The molecule has 5 aromatic rings. The van der Waals surface area contributed by atoms with Crippen molar-refractivity contribution in [3.8, 4) is 22.9 Å². The van der Waals surface area contributed by atoms with E-state index >= 15 is 8.78 Å². The van der Waals surface area contributed by atoms with E-state index in [0.29, 0.717) is 48.0 Å². The number of aromatic amines is 1. The quantitative estimate of drug-likeness (QED) is 0.186. The number of ether oxygens (including phenoxy) is 1. The molecule has 51 heavy (non-hydrogen) atoms. The number of sulfone groups is 1. The lowest BCUT2D eigenvalue weighted by atomic mass is 9.75. The lowest BCUT2D eigenvalue weighted by Gasteiger charge is -2.31. The van der Waals surface area contributed by atoms with Crippen molar-refractivity contribution in [3.63, 3.8) is 0 Å². The molecular formula is C39H44F2N4O5S. The van der Waals surface area contributed by atoms with Crippen molar-refractivity contribution in [2.75, 3.05) is 11.5 Å². The molecular weight excluding hydrogens is 675 g/mol. The first-order valence-corrected chi connectivity index (χ1v) is 19.1. The molecule has 1 aliphatic rings. The first-order valence-electron chi connectivity index (χ1n) is 17.3. The maximum atomic E-state index is 15.8. The number of benzene rings is 3. The molecule has 0 saturated heterocycles. The number of carboxylic acid groups (broad SMARTS) is 1. The van der Waals surface area contributed by atoms with Gasteiger partial charge in [0.25, 0.3) is 0 Å². The summed E-state index contributed by atoms with van der Waals surface area (Å²) in [5, 5.41) is 14.9. The van der Waals surface area contributed by atoms with E-state index in [1.165, 1.54) is 24.3 Å². The van der Waals surface area contributed by atoms with Crippen molar-refractivity contribution >= 4 is 26.7 Å². The van der Waals surface area contributed by atoms with E-state index in [1.54, 1.807) is 16.9 Å². The highest BCUT2D eigenvalue weighted by Gasteiger charge is 2.37. The second-order valence-corrected chi connectivity index (χ2v) is 17.1. The third-order valence-corrected chi connectivity index (χ3v) is 11.9. The molecule has 9 nitrogen and oxygen atoms in total.